The molecule has 0 heterocycles. The molecule has 0 aromatic heterocycles. The Hall–Kier alpha value is -3.15. The van der Waals surface area contributed by atoms with E-state index in [2.05, 4.69) is 5.32 Å². The van der Waals surface area contributed by atoms with E-state index in [1.807, 2.05) is 30.3 Å². The van der Waals surface area contributed by atoms with E-state index in [1.165, 1.54) is 4.90 Å². The summed E-state index contributed by atoms with van der Waals surface area (Å²) in [5.74, 6) is -1.65. The van der Waals surface area contributed by atoms with Crippen molar-refractivity contribution in [3.8, 4) is 0 Å². The number of aliphatic carboxylic acids is 1. The Morgan fingerprint density at radius 3 is 2.31 bits per heavy atom. The third-order valence-electron chi connectivity index (χ3n) is 3.98. The minimum atomic E-state index is -1.03. The molecule has 0 radical (unpaired) electrons. The molecule has 0 atom stereocenters. The van der Waals surface area contributed by atoms with Crippen LogP contribution >= 0.6 is 0 Å². The molecule has 0 saturated heterocycles. The SMILES string of the molecule is CN(C(=O)CCC(=O)O)c1ccccc1C(=O)NCCc1ccccc1. The van der Waals surface area contributed by atoms with Gasteiger partial charge in [0.2, 0.25) is 5.91 Å². The number of carboxylic acid groups (broad SMARTS) is 1. The van der Waals surface area contributed by atoms with Crippen LogP contribution in [0.3, 0.4) is 0 Å². The van der Waals surface area contributed by atoms with Crippen molar-refractivity contribution >= 4 is 23.5 Å². The number of amides is 2. The minimum absolute atomic E-state index is 0.115. The highest BCUT2D eigenvalue weighted by atomic mass is 16.4. The average molecular weight is 354 g/mol. The quantitative estimate of drug-likeness (QED) is 0.762. The van der Waals surface area contributed by atoms with Gasteiger partial charge in [0, 0.05) is 20.0 Å². The summed E-state index contributed by atoms with van der Waals surface area (Å²) in [6.07, 6.45) is 0.354. The van der Waals surface area contributed by atoms with Crippen LogP contribution in [0.15, 0.2) is 54.6 Å². The molecule has 0 spiro atoms. The van der Waals surface area contributed by atoms with Gasteiger partial charge < -0.3 is 15.3 Å². The second kappa shape index (κ2) is 9.36. The summed E-state index contributed by atoms with van der Waals surface area (Å²) >= 11 is 0. The number of nitrogens with zero attached hydrogens (tertiary/aromatic N) is 1. The summed E-state index contributed by atoms with van der Waals surface area (Å²) < 4.78 is 0. The van der Waals surface area contributed by atoms with E-state index in [9.17, 15) is 14.4 Å². The van der Waals surface area contributed by atoms with Crippen molar-refractivity contribution in [1.29, 1.82) is 0 Å². The van der Waals surface area contributed by atoms with Gasteiger partial charge >= 0.3 is 5.97 Å². The van der Waals surface area contributed by atoms with Crippen LogP contribution in [-0.4, -0.2) is 36.5 Å². The number of carbonyl (C=O) groups is 3. The average Bonchev–Trinajstić information content (AvgIpc) is 2.66. The summed E-state index contributed by atoms with van der Waals surface area (Å²) in [5, 5.41) is 11.6. The number of rotatable bonds is 8. The highest BCUT2D eigenvalue weighted by Crippen LogP contribution is 2.20. The van der Waals surface area contributed by atoms with Gasteiger partial charge in [0.15, 0.2) is 0 Å². The van der Waals surface area contributed by atoms with E-state index in [4.69, 9.17) is 5.11 Å². The van der Waals surface area contributed by atoms with Crippen LogP contribution in [0.5, 0.6) is 0 Å². The number of hydrogen-bond acceptors (Lipinski definition) is 3. The van der Waals surface area contributed by atoms with Crippen molar-refractivity contribution in [2.75, 3.05) is 18.5 Å². The molecule has 0 aliphatic rings. The molecule has 0 aliphatic heterocycles. The molecule has 0 fully saturated rings. The number of carboxylic acids is 1. The Labute approximate surface area is 152 Å². The van der Waals surface area contributed by atoms with Crippen LogP contribution in [-0.2, 0) is 16.0 Å². The van der Waals surface area contributed by atoms with E-state index in [0.717, 1.165) is 5.56 Å². The number of hydrogen-bond donors (Lipinski definition) is 2. The zero-order valence-corrected chi connectivity index (χ0v) is 14.6. The van der Waals surface area contributed by atoms with E-state index < -0.39 is 5.97 Å². The minimum Gasteiger partial charge on any atom is -0.481 e. The summed E-state index contributed by atoms with van der Waals surface area (Å²) in [4.78, 5) is 36.6. The molecule has 0 aliphatic carbocycles. The molecule has 2 N–H and O–H groups in total. The molecule has 2 rings (SSSR count). The second-order valence-electron chi connectivity index (χ2n) is 5.86. The summed E-state index contributed by atoms with van der Waals surface area (Å²) in [6, 6.07) is 16.6. The molecule has 6 nitrogen and oxygen atoms in total. The maximum absolute atomic E-state index is 12.5. The monoisotopic (exact) mass is 354 g/mol. The number of nitrogens with one attached hydrogen (secondary N) is 1. The third kappa shape index (κ3) is 5.44. The van der Waals surface area contributed by atoms with Gasteiger partial charge in [0.1, 0.15) is 0 Å². The summed E-state index contributed by atoms with van der Waals surface area (Å²) in [6.45, 7) is 0.480. The lowest BCUT2D eigenvalue weighted by Crippen LogP contribution is -2.31. The number of carbonyl (C=O) groups excluding carboxylic acids is 2. The van der Waals surface area contributed by atoms with E-state index in [1.54, 1.807) is 31.3 Å². The van der Waals surface area contributed by atoms with Crippen molar-refractivity contribution in [2.45, 2.75) is 19.3 Å². The molecule has 0 unspecified atom stereocenters. The van der Waals surface area contributed by atoms with Crippen LogP contribution in [0.2, 0.25) is 0 Å². The first kappa shape index (κ1) is 19.2. The lowest BCUT2D eigenvalue weighted by molar-refractivity contribution is -0.138. The van der Waals surface area contributed by atoms with Gasteiger partial charge in [-0.05, 0) is 24.1 Å². The Bertz CT molecular complexity index is 774. The number of benzene rings is 2. The molecule has 0 saturated carbocycles. The fourth-order valence-electron chi connectivity index (χ4n) is 2.53. The van der Waals surface area contributed by atoms with Crippen molar-refractivity contribution in [3.63, 3.8) is 0 Å². The normalized spacial score (nSPS) is 10.2. The van der Waals surface area contributed by atoms with Gasteiger partial charge in [-0.2, -0.15) is 0 Å². The standard InChI is InChI=1S/C20H22N2O4/c1-22(18(23)11-12-19(24)25)17-10-6-5-9-16(17)20(26)21-14-13-15-7-3-2-4-8-15/h2-10H,11-14H2,1H3,(H,21,26)(H,24,25). The van der Waals surface area contributed by atoms with Gasteiger partial charge in [-0.15, -0.1) is 0 Å². The molecule has 6 heteroatoms. The molecule has 136 valence electrons. The Kier molecular flexibility index (Phi) is 6.91. The van der Waals surface area contributed by atoms with Crippen molar-refractivity contribution < 1.29 is 19.5 Å². The zero-order chi connectivity index (χ0) is 18.9. The van der Waals surface area contributed by atoms with Gasteiger partial charge in [-0.1, -0.05) is 42.5 Å². The highest BCUT2D eigenvalue weighted by molar-refractivity contribution is 6.04. The third-order valence-corrected chi connectivity index (χ3v) is 3.98. The lowest BCUT2D eigenvalue weighted by Gasteiger charge is -2.20. The molecule has 2 aromatic rings. The molecule has 2 aromatic carbocycles. The summed E-state index contributed by atoms with van der Waals surface area (Å²) in [7, 11) is 1.54. The van der Waals surface area contributed by atoms with Gasteiger partial charge in [-0.25, -0.2) is 0 Å². The van der Waals surface area contributed by atoms with Crippen molar-refractivity contribution in [1.82, 2.24) is 5.32 Å². The first-order chi connectivity index (χ1) is 12.5. The highest BCUT2D eigenvalue weighted by Gasteiger charge is 2.18. The van der Waals surface area contributed by atoms with Crippen LogP contribution in [0, 0.1) is 0 Å². The fourth-order valence-corrected chi connectivity index (χ4v) is 2.53. The second-order valence-corrected chi connectivity index (χ2v) is 5.86. The van der Waals surface area contributed by atoms with Gasteiger partial charge in [0.25, 0.3) is 5.91 Å². The maximum atomic E-state index is 12.5. The smallest absolute Gasteiger partial charge is 0.303 e. The lowest BCUT2D eigenvalue weighted by atomic mass is 10.1. The number of para-hydroxylation sites is 1. The van der Waals surface area contributed by atoms with E-state index >= 15 is 0 Å². The first-order valence-electron chi connectivity index (χ1n) is 8.38. The van der Waals surface area contributed by atoms with Crippen LogP contribution < -0.4 is 10.2 Å². The largest absolute Gasteiger partial charge is 0.481 e. The van der Waals surface area contributed by atoms with Gasteiger partial charge in [-0.3, -0.25) is 14.4 Å². The van der Waals surface area contributed by atoms with Crippen LogP contribution in [0.25, 0.3) is 0 Å². The van der Waals surface area contributed by atoms with Crippen molar-refractivity contribution in [2.24, 2.45) is 0 Å². The van der Waals surface area contributed by atoms with Gasteiger partial charge in [0.05, 0.1) is 17.7 Å². The topological polar surface area (TPSA) is 86.7 Å². The Balaban J connectivity index is 2.01. The number of anilines is 1. The predicted molar refractivity (Wildman–Crippen MR) is 99.2 cm³/mol. The first-order valence-corrected chi connectivity index (χ1v) is 8.38. The molecule has 26 heavy (non-hydrogen) atoms. The van der Waals surface area contributed by atoms with E-state index in [-0.39, 0.29) is 24.7 Å². The fraction of sp³-hybridized carbons (Fsp3) is 0.250. The molecular formula is C20H22N2O4. The Morgan fingerprint density at radius 2 is 1.62 bits per heavy atom. The molecule has 2 amide bonds. The zero-order valence-electron chi connectivity index (χ0n) is 14.6. The van der Waals surface area contributed by atoms with Crippen LogP contribution in [0.4, 0.5) is 5.69 Å². The maximum Gasteiger partial charge on any atom is 0.303 e. The van der Waals surface area contributed by atoms with E-state index in [0.29, 0.717) is 24.2 Å². The Morgan fingerprint density at radius 1 is 0.962 bits per heavy atom. The van der Waals surface area contributed by atoms with Crippen molar-refractivity contribution in [3.05, 3.63) is 65.7 Å². The molecular weight excluding hydrogens is 332 g/mol. The van der Waals surface area contributed by atoms with Crippen LogP contribution in [0.1, 0.15) is 28.8 Å². The summed E-state index contributed by atoms with van der Waals surface area (Å²) in [5.41, 5.74) is 1.97. The molecule has 0 bridgehead atoms. The predicted octanol–water partition coefficient (Wildman–Crippen LogP) is 2.49.